The van der Waals surface area contributed by atoms with E-state index in [1.165, 1.54) is 0 Å². The van der Waals surface area contributed by atoms with Crippen LogP contribution in [0.4, 0.5) is 5.69 Å². The molecule has 4 nitrogen and oxygen atoms in total. The van der Waals surface area contributed by atoms with Gasteiger partial charge in [0.15, 0.2) is 0 Å². The first-order chi connectivity index (χ1) is 7.22. The van der Waals surface area contributed by atoms with Gasteiger partial charge in [0.05, 0.1) is 25.0 Å². The van der Waals surface area contributed by atoms with E-state index in [2.05, 4.69) is 37.5 Å². The van der Waals surface area contributed by atoms with Gasteiger partial charge in [-0.2, -0.15) is 0 Å². The number of carbonyl (C=O) groups excluding carboxylic acids is 1. The summed E-state index contributed by atoms with van der Waals surface area (Å²) in [4.78, 5) is 15.3. The van der Waals surface area contributed by atoms with Gasteiger partial charge in [0, 0.05) is 0 Å². The molecule has 5 heteroatoms. The van der Waals surface area contributed by atoms with Crippen LogP contribution in [-0.2, 0) is 4.79 Å². The summed E-state index contributed by atoms with van der Waals surface area (Å²) in [5, 5.41) is 5.46. The summed E-state index contributed by atoms with van der Waals surface area (Å²) in [5.74, 6) is 2.24. The fourth-order valence-electron chi connectivity index (χ4n) is 0.903. The molecule has 0 aliphatic rings. The molecule has 1 aromatic heterocycles. The van der Waals surface area contributed by atoms with E-state index in [4.69, 9.17) is 6.42 Å². The molecule has 1 amide bonds. The molecular weight excluding hydrogens is 258 g/mol. The van der Waals surface area contributed by atoms with Crippen molar-refractivity contribution in [3.8, 4) is 12.3 Å². The van der Waals surface area contributed by atoms with Gasteiger partial charge < -0.3 is 5.32 Å². The van der Waals surface area contributed by atoms with Crippen molar-refractivity contribution >= 4 is 27.5 Å². The number of nitrogens with one attached hydrogen (secondary N) is 2. The summed E-state index contributed by atoms with van der Waals surface area (Å²) in [5.41, 5.74) is 0.658. The van der Waals surface area contributed by atoms with Crippen LogP contribution >= 0.6 is 15.9 Å². The summed E-state index contributed by atoms with van der Waals surface area (Å²) in [6.07, 6.45) is 6.60. The monoisotopic (exact) mass is 267 g/mol. The van der Waals surface area contributed by atoms with Crippen LogP contribution in [0.2, 0.25) is 0 Å². The highest BCUT2D eigenvalue weighted by molar-refractivity contribution is 9.10. The number of hydrogen-bond donors (Lipinski definition) is 2. The van der Waals surface area contributed by atoms with E-state index in [-0.39, 0.29) is 12.5 Å². The van der Waals surface area contributed by atoms with Gasteiger partial charge in [0.2, 0.25) is 5.91 Å². The Morgan fingerprint density at radius 1 is 1.60 bits per heavy atom. The fourth-order valence-corrected chi connectivity index (χ4v) is 1.14. The lowest BCUT2D eigenvalue weighted by Gasteiger charge is -2.04. The smallest absolute Gasteiger partial charge is 0.238 e. The van der Waals surface area contributed by atoms with Crippen LogP contribution in [0, 0.1) is 12.3 Å². The second-order valence-electron chi connectivity index (χ2n) is 2.73. The minimum Gasteiger partial charge on any atom is -0.324 e. The summed E-state index contributed by atoms with van der Waals surface area (Å²) in [7, 11) is 0. The summed E-state index contributed by atoms with van der Waals surface area (Å²) >= 11 is 3.20. The Labute approximate surface area is 96.6 Å². The third-order valence-electron chi connectivity index (χ3n) is 1.52. The summed E-state index contributed by atoms with van der Waals surface area (Å²) in [6, 6.07) is 3.51. The Kier molecular flexibility index (Phi) is 4.81. The van der Waals surface area contributed by atoms with Crippen molar-refractivity contribution in [1.82, 2.24) is 10.3 Å². The molecule has 1 heterocycles. The molecule has 15 heavy (non-hydrogen) atoms. The lowest BCUT2D eigenvalue weighted by Crippen LogP contribution is -2.28. The van der Waals surface area contributed by atoms with Gasteiger partial charge in [0.25, 0.3) is 0 Å². The molecule has 1 rings (SSSR count). The molecule has 1 aromatic rings. The van der Waals surface area contributed by atoms with E-state index in [0.29, 0.717) is 12.2 Å². The molecule has 0 radical (unpaired) electrons. The van der Waals surface area contributed by atoms with Crippen LogP contribution < -0.4 is 10.6 Å². The van der Waals surface area contributed by atoms with E-state index in [1.54, 1.807) is 18.3 Å². The van der Waals surface area contributed by atoms with Crippen LogP contribution in [0.3, 0.4) is 0 Å². The third kappa shape index (κ3) is 4.58. The van der Waals surface area contributed by atoms with E-state index in [0.717, 1.165) is 4.60 Å². The van der Waals surface area contributed by atoms with E-state index in [1.807, 2.05) is 0 Å². The van der Waals surface area contributed by atoms with Crippen molar-refractivity contribution < 1.29 is 4.79 Å². The van der Waals surface area contributed by atoms with Crippen molar-refractivity contribution in [3.63, 3.8) is 0 Å². The lowest BCUT2D eigenvalue weighted by molar-refractivity contribution is -0.115. The molecule has 0 saturated carbocycles. The van der Waals surface area contributed by atoms with Crippen molar-refractivity contribution in [2.75, 3.05) is 18.4 Å². The number of nitrogens with zero attached hydrogens (tertiary/aromatic N) is 1. The zero-order valence-electron chi connectivity index (χ0n) is 7.96. The van der Waals surface area contributed by atoms with E-state index in [9.17, 15) is 4.79 Å². The molecule has 0 spiro atoms. The standard InChI is InChI=1S/C10H10BrN3O/c1-2-5-12-7-10(15)14-8-3-4-9(11)13-6-8/h1,3-4,6,12H,5,7H2,(H,14,15). The van der Waals surface area contributed by atoms with Gasteiger partial charge in [-0.3, -0.25) is 10.1 Å². The van der Waals surface area contributed by atoms with Crippen LogP contribution in [-0.4, -0.2) is 24.0 Å². The van der Waals surface area contributed by atoms with Gasteiger partial charge in [0.1, 0.15) is 4.60 Å². The van der Waals surface area contributed by atoms with Crippen LogP contribution in [0.25, 0.3) is 0 Å². The topological polar surface area (TPSA) is 54.0 Å². The number of anilines is 1. The third-order valence-corrected chi connectivity index (χ3v) is 1.99. The molecule has 2 N–H and O–H groups in total. The Balaban J connectivity index is 2.38. The molecule has 0 aliphatic carbocycles. The molecule has 0 saturated heterocycles. The lowest BCUT2D eigenvalue weighted by atomic mass is 10.4. The highest BCUT2D eigenvalue weighted by atomic mass is 79.9. The quantitative estimate of drug-likeness (QED) is 0.486. The largest absolute Gasteiger partial charge is 0.324 e. The van der Waals surface area contributed by atoms with Crippen molar-refractivity contribution in [2.45, 2.75) is 0 Å². The summed E-state index contributed by atoms with van der Waals surface area (Å²) < 4.78 is 0.728. The molecular formula is C10H10BrN3O. The van der Waals surface area contributed by atoms with Gasteiger partial charge in [-0.1, -0.05) is 5.92 Å². The predicted octanol–water partition coefficient (Wildman–Crippen LogP) is 1.01. The number of pyridine rings is 1. The molecule has 0 atom stereocenters. The maximum Gasteiger partial charge on any atom is 0.238 e. The first-order valence-electron chi connectivity index (χ1n) is 4.28. The summed E-state index contributed by atoms with van der Waals surface area (Å²) in [6.45, 7) is 0.576. The average Bonchev–Trinajstić information content (AvgIpc) is 2.22. The maximum atomic E-state index is 11.3. The van der Waals surface area contributed by atoms with Crippen LogP contribution in [0.5, 0.6) is 0 Å². The fraction of sp³-hybridized carbons (Fsp3) is 0.200. The number of carbonyl (C=O) groups is 1. The first-order valence-corrected chi connectivity index (χ1v) is 5.07. The normalized spacial score (nSPS) is 9.33. The number of halogens is 1. The first kappa shape index (κ1) is 11.7. The molecule has 0 aliphatic heterocycles. The number of terminal acetylenes is 1. The van der Waals surface area contributed by atoms with Gasteiger partial charge >= 0.3 is 0 Å². The average molecular weight is 268 g/mol. The Morgan fingerprint density at radius 2 is 2.40 bits per heavy atom. The molecule has 0 fully saturated rings. The van der Waals surface area contributed by atoms with Crippen LogP contribution in [0.15, 0.2) is 22.9 Å². The number of hydrogen-bond acceptors (Lipinski definition) is 3. The Morgan fingerprint density at radius 3 is 3.00 bits per heavy atom. The maximum absolute atomic E-state index is 11.3. The SMILES string of the molecule is C#CCNCC(=O)Nc1ccc(Br)nc1. The highest BCUT2D eigenvalue weighted by Gasteiger charge is 2.00. The van der Waals surface area contributed by atoms with Gasteiger partial charge in [-0.05, 0) is 28.1 Å². The highest BCUT2D eigenvalue weighted by Crippen LogP contribution is 2.09. The van der Waals surface area contributed by atoms with Crippen molar-refractivity contribution in [3.05, 3.63) is 22.9 Å². The van der Waals surface area contributed by atoms with Crippen molar-refractivity contribution in [1.29, 1.82) is 0 Å². The van der Waals surface area contributed by atoms with Gasteiger partial charge in [-0.15, -0.1) is 6.42 Å². The minimum absolute atomic E-state index is 0.144. The molecule has 0 aromatic carbocycles. The molecule has 78 valence electrons. The second kappa shape index (κ2) is 6.17. The zero-order chi connectivity index (χ0) is 11.1. The van der Waals surface area contributed by atoms with Crippen LogP contribution in [0.1, 0.15) is 0 Å². The number of aromatic nitrogens is 1. The minimum atomic E-state index is -0.144. The Bertz CT molecular complexity index is 369. The molecule has 0 bridgehead atoms. The Hall–Kier alpha value is -1.38. The van der Waals surface area contributed by atoms with E-state index < -0.39 is 0 Å². The zero-order valence-corrected chi connectivity index (χ0v) is 9.54. The predicted molar refractivity (Wildman–Crippen MR) is 62.3 cm³/mol. The number of rotatable bonds is 4. The van der Waals surface area contributed by atoms with E-state index >= 15 is 0 Å². The molecule has 0 unspecified atom stereocenters. The number of amides is 1. The van der Waals surface area contributed by atoms with Crippen molar-refractivity contribution in [2.24, 2.45) is 0 Å². The van der Waals surface area contributed by atoms with Gasteiger partial charge in [-0.25, -0.2) is 4.98 Å². The second-order valence-corrected chi connectivity index (χ2v) is 3.54.